The minimum absolute atomic E-state index is 0.0516. The molecule has 2 aliphatic heterocycles. The molecule has 4 aromatic rings. The van der Waals surface area contributed by atoms with Gasteiger partial charge in [0.05, 0.1) is 12.8 Å². The minimum atomic E-state index is -3.76. The van der Waals surface area contributed by atoms with Gasteiger partial charge >= 0.3 is 0 Å². The van der Waals surface area contributed by atoms with Crippen molar-refractivity contribution in [3.63, 3.8) is 0 Å². The molecule has 3 aromatic carbocycles. The van der Waals surface area contributed by atoms with E-state index in [1.807, 2.05) is 59.5 Å². The van der Waals surface area contributed by atoms with E-state index in [9.17, 15) is 18.0 Å². The molecule has 0 saturated carbocycles. The number of carbonyl (C=O) groups excluding carboxylic acids is 2. The van der Waals surface area contributed by atoms with Crippen molar-refractivity contribution in [1.29, 1.82) is 0 Å². The maximum atomic E-state index is 13.6. The zero-order valence-corrected chi connectivity index (χ0v) is 24.3. The summed E-state index contributed by atoms with van der Waals surface area (Å²) in [6.45, 7) is 0.875. The highest BCUT2D eigenvalue weighted by Crippen LogP contribution is 2.41. The van der Waals surface area contributed by atoms with Crippen molar-refractivity contribution in [2.45, 2.75) is 42.4 Å². The van der Waals surface area contributed by atoms with Crippen LogP contribution in [-0.2, 0) is 21.2 Å². The van der Waals surface area contributed by atoms with E-state index in [2.05, 4.69) is 5.32 Å². The maximum absolute atomic E-state index is 13.6. The molecule has 1 atom stereocenters. The number of aryl methyl sites for hydroxylation is 1. The van der Waals surface area contributed by atoms with Crippen molar-refractivity contribution >= 4 is 55.3 Å². The Balaban J connectivity index is 1.22. The standard InChI is InChI=1S/C31H31N3O5S2/c1-39-22-14-12-21(13-15-22)7-5-18-33-26-17-16-25(23-8-4-9-24(29(23)26)31(33)36)32-30(35)27-10-2-3-19-34(27)41(37,38)28-11-6-20-40-28/h4,6,8-9,11-17,20,27H,2-3,5,7,10,18-19H2,1H3,(H,32,35). The third-order valence-corrected chi connectivity index (χ3v) is 11.1. The summed E-state index contributed by atoms with van der Waals surface area (Å²) in [7, 11) is -2.12. The third kappa shape index (κ3) is 5.11. The highest BCUT2D eigenvalue weighted by Gasteiger charge is 2.38. The number of ether oxygens (including phenoxy) is 1. The third-order valence-electron chi connectivity index (χ3n) is 7.86. The van der Waals surface area contributed by atoms with Gasteiger partial charge in [-0.2, -0.15) is 4.31 Å². The molecule has 8 nitrogen and oxygen atoms in total. The number of methoxy groups -OCH3 is 1. The van der Waals surface area contributed by atoms with E-state index in [4.69, 9.17) is 4.74 Å². The SMILES string of the molecule is COc1ccc(CCCN2C(=O)c3cccc4c(NC(=O)C5CCCCN5S(=O)(=O)c5cccs5)ccc2c34)cc1. The summed E-state index contributed by atoms with van der Waals surface area (Å²) < 4.78 is 33.4. The van der Waals surface area contributed by atoms with Gasteiger partial charge in [0.15, 0.2) is 0 Å². The molecule has 10 heteroatoms. The number of rotatable bonds is 9. The summed E-state index contributed by atoms with van der Waals surface area (Å²) in [6.07, 6.45) is 3.57. The maximum Gasteiger partial charge on any atom is 0.258 e. The number of hydrogen-bond donors (Lipinski definition) is 1. The Bertz CT molecular complexity index is 1700. The largest absolute Gasteiger partial charge is 0.497 e. The van der Waals surface area contributed by atoms with Gasteiger partial charge in [-0.15, -0.1) is 11.3 Å². The lowest BCUT2D eigenvalue weighted by Crippen LogP contribution is -2.49. The number of anilines is 2. The molecule has 41 heavy (non-hydrogen) atoms. The first-order valence-corrected chi connectivity index (χ1v) is 16.1. The van der Waals surface area contributed by atoms with Crippen LogP contribution in [0.4, 0.5) is 11.4 Å². The van der Waals surface area contributed by atoms with Gasteiger partial charge in [0.2, 0.25) is 5.91 Å². The first-order chi connectivity index (χ1) is 19.9. The number of thiophene rings is 1. The van der Waals surface area contributed by atoms with E-state index in [1.165, 1.54) is 9.87 Å². The summed E-state index contributed by atoms with van der Waals surface area (Å²) in [5, 5.41) is 6.31. The van der Waals surface area contributed by atoms with E-state index < -0.39 is 16.1 Å². The van der Waals surface area contributed by atoms with Crippen molar-refractivity contribution in [3.8, 4) is 5.75 Å². The Kier molecular flexibility index (Phi) is 7.54. The Labute approximate surface area is 243 Å². The summed E-state index contributed by atoms with van der Waals surface area (Å²) >= 11 is 1.16. The lowest BCUT2D eigenvalue weighted by Gasteiger charge is -2.33. The van der Waals surface area contributed by atoms with Crippen molar-refractivity contribution in [1.82, 2.24) is 4.31 Å². The molecule has 2 amide bonds. The van der Waals surface area contributed by atoms with Gasteiger partial charge in [-0.3, -0.25) is 9.59 Å². The van der Waals surface area contributed by atoms with Gasteiger partial charge in [-0.05, 0) is 73.0 Å². The number of piperidine rings is 1. The normalized spacial score (nSPS) is 17.2. The van der Waals surface area contributed by atoms with Gasteiger partial charge in [0, 0.05) is 35.1 Å². The highest BCUT2D eigenvalue weighted by atomic mass is 32.2. The fraction of sp³-hybridized carbons (Fsp3) is 0.290. The molecule has 212 valence electrons. The lowest BCUT2D eigenvalue weighted by molar-refractivity contribution is -0.120. The molecular formula is C31H31N3O5S2. The molecule has 0 bridgehead atoms. The van der Waals surface area contributed by atoms with Crippen LogP contribution in [0.5, 0.6) is 5.75 Å². The van der Waals surface area contributed by atoms with Crippen LogP contribution >= 0.6 is 11.3 Å². The van der Waals surface area contributed by atoms with Crippen LogP contribution in [0, 0.1) is 0 Å². The van der Waals surface area contributed by atoms with Crippen LogP contribution in [0.25, 0.3) is 10.8 Å². The van der Waals surface area contributed by atoms with Crippen LogP contribution in [0.3, 0.4) is 0 Å². The Morgan fingerprint density at radius 1 is 1.05 bits per heavy atom. The molecule has 6 rings (SSSR count). The fourth-order valence-corrected chi connectivity index (χ4v) is 8.58. The molecule has 0 aliphatic carbocycles. The quantitative estimate of drug-likeness (QED) is 0.271. The molecule has 1 unspecified atom stereocenters. The van der Waals surface area contributed by atoms with Crippen LogP contribution < -0.4 is 15.0 Å². The number of nitrogens with zero attached hydrogens (tertiary/aromatic N) is 2. The number of amides is 2. The topological polar surface area (TPSA) is 96.0 Å². The molecule has 0 radical (unpaired) electrons. The molecular weight excluding hydrogens is 558 g/mol. The zero-order chi connectivity index (χ0) is 28.6. The van der Waals surface area contributed by atoms with Gasteiger partial charge < -0.3 is 15.0 Å². The molecule has 3 heterocycles. The van der Waals surface area contributed by atoms with Crippen molar-refractivity contribution in [3.05, 3.63) is 83.2 Å². The predicted molar refractivity (Wildman–Crippen MR) is 161 cm³/mol. The monoisotopic (exact) mass is 589 g/mol. The van der Waals surface area contributed by atoms with E-state index >= 15 is 0 Å². The Morgan fingerprint density at radius 2 is 1.88 bits per heavy atom. The number of hydrogen-bond acceptors (Lipinski definition) is 6. The van der Waals surface area contributed by atoms with Gasteiger partial charge in [-0.25, -0.2) is 8.42 Å². The predicted octanol–water partition coefficient (Wildman–Crippen LogP) is 5.68. The highest BCUT2D eigenvalue weighted by molar-refractivity contribution is 7.91. The van der Waals surface area contributed by atoms with Gasteiger partial charge in [0.1, 0.15) is 16.0 Å². The second kappa shape index (κ2) is 11.3. The van der Waals surface area contributed by atoms with E-state index in [-0.39, 0.29) is 16.0 Å². The number of carbonyl (C=O) groups is 2. The van der Waals surface area contributed by atoms with Crippen LogP contribution in [0.2, 0.25) is 0 Å². The number of nitrogens with one attached hydrogen (secondary N) is 1. The average molecular weight is 590 g/mol. The van der Waals surface area contributed by atoms with Crippen molar-refractivity contribution in [2.24, 2.45) is 0 Å². The Morgan fingerprint density at radius 3 is 2.63 bits per heavy atom. The molecule has 1 saturated heterocycles. The minimum Gasteiger partial charge on any atom is -0.497 e. The van der Waals surface area contributed by atoms with Gasteiger partial charge in [-0.1, -0.05) is 36.8 Å². The molecule has 0 spiro atoms. The fourth-order valence-electron chi connectivity index (χ4n) is 5.81. The van der Waals surface area contributed by atoms with E-state index in [0.717, 1.165) is 52.8 Å². The average Bonchev–Trinajstić information content (AvgIpc) is 3.64. The molecule has 2 aliphatic rings. The number of benzene rings is 3. The summed E-state index contributed by atoms with van der Waals surface area (Å²) in [6, 6.07) is 19.7. The summed E-state index contributed by atoms with van der Waals surface area (Å²) in [4.78, 5) is 28.8. The van der Waals surface area contributed by atoms with Crippen molar-refractivity contribution < 1.29 is 22.7 Å². The molecule has 1 fully saturated rings. The number of sulfonamides is 1. The van der Waals surface area contributed by atoms with E-state index in [0.29, 0.717) is 37.2 Å². The van der Waals surface area contributed by atoms with Crippen LogP contribution in [0.1, 0.15) is 41.6 Å². The molecule has 1 aromatic heterocycles. The lowest BCUT2D eigenvalue weighted by atomic mass is 10.0. The van der Waals surface area contributed by atoms with Crippen molar-refractivity contribution in [2.75, 3.05) is 30.4 Å². The first-order valence-electron chi connectivity index (χ1n) is 13.8. The molecule has 1 N–H and O–H groups in total. The summed E-state index contributed by atoms with van der Waals surface area (Å²) in [5.74, 6) is 0.407. The zero-order valence-electron chi connectivity index (χ0n) is 22.7. The second-order valence-electron chi connectivity index (χ2n) is 10.3. The second-order valence-corrected chi connectivity index (χ2v) is 13.4. The van der Waals surface area contributed by atoms with Crippen LogP contribution in [-0.4, -0.2) is 50.8 Å². The smallest absolute Gasteiger partial charge is 0.258 e. The van der Waals surface area contributed by atoms with Crippen LogP contribution in [0.15, 0.2) is 76.3 Å². The summed E-state index contributed by atoms with van der Waals surface area (Å²) in [5.41, 5.74) is 3.18. The van der Waals surface area contributed by atoms with Gasteiger partial charge in [0.25, 0.3) is 15.9 Å². The van der Waals surface area contributed by atoms with E-state index in [1.54, 1.807) is 24.6 Å². The Hall–Kier alpha value is -3.73. The first kappa shape index (κ1) is 27.4.